The number of nitrogens with one attached hydrogen (secondary N) is 6. The van der Waals surface area contributed by atoms with Crippen molar-refractivity contribution in [3.05, 3.63) is 124 Å². The number of anilines is 2. The van der Waals surface area contributed by atoms with Gasteiger partial charge in [0.2, 0.25) is 5.88 Å². The van der Waals surface area contributed by atoms with E-state index in [9.17, 15) is 29.8 Å². The van der Waals surface area contributed by atoms with Gasteiger partial charge in [-0.1, -0.05) is 83.1 Å². The van der Waals surface area contributed by atoms with Crippen molar-refractivity contribution >= 4 is 73.0 Å². The largest absolute Gasteiger partial charge is 0.755 e. The molecular formula is C47H77N18O13S6-. The van der Waals surface area contributed by atoms with Crippen molar-refractivity contribution in [2.24, 2.45) is 0 Å². The predicted octanol–water partition coefficient (Wildman–Crippen LogP) is 8.99. The van der Waals surface area contributed by atoms with Gasteiger partial charge in [-0.2, -0.15) is 0 Å². The molecule has 6 atom stereocenters. The van der Waals surface area contributed by atoms with E-state index >= 15 is 0 Å². The van der Waals surface area contributed by atoms with Crippen molar-refractivity contribution in [1.29, 1.82) is 23.9 Å². The summed E-state index contributed by atoms with van der Waals surface area (Å²) in [6.07, 6.45) is 9.29. The minimum absolute atomic E-state index is 0.136. The van der Waals surface area contributed by atoms with E-state index in [4.69, 9.17) is 56.8 Å². The maximum atomic E-state index is 10.9. The van der Waals surface area contributed by atoms with Crippen LogP contribution >= 0.6 is 0 Å². The van der Waals surface area contributed by atoms with Crippen molar-refractivity contribution in [3.63, 3.8) is 0 Å². The van der Waals surface area contributed by atoms with Gasteiger partial charge in [-0.25, -0.2) is 99.8 Å². The average molecular weight is 1290 g/mol. The summed E-state index contributed by atoms with van der Waals surface area (Å²) in [7, 11) is -17.8. The molecule has 0 fully saturated rings. The van der Waals surface area contributed by atoms with E-state index < -0.39 is 67.1 Å². The van der Waals surface area contributed by atoms with Crippen LogP contribution in [0, 0.1) is 30.8 Å². The van der Waals surface area contributed by atoms with Crippen LogP contribution in [0.4, 0.5) is 11.7 Å². The Morgan fingerprint density at radius 1 is 0.536 bits per heavy atom. The molecule has 6 aromatic heterocycles. The van der Waals surface area contributed by atoms with Crippen molar-refractivity contribution in [3.8, 4) is 0 Å². The fraction of sp³-hybridized carbons (Fsp3) is 0.511. The number of hydrogen-bond acceptors (Lipinski definition) is 25. The van der Waals surface area contributed by atoms with E-state index in [1.807, 2.05) is 90.0 Å². The SMILES string of the molecule is CC(C)c1cc(N)nc(CS(=N)(=O)O)n1.CC(C)c1ccnc(CS(=N)(=O)O)n1.CC(C)c1cnc(CS(=N)(=O)O)nc1.CC(C)c1coc(NS(=O)[O-])c1.CC(C)c1ncnc(CS(=N)(=O)O)n1.Cc1nc(CS(=N)(=O)O)ncc1C(C)C. The van der Waals surface area contributed by atoms with Crippen LogP contribution in [-0.2, 0) is 90.1 Å². The maximum absolute atomic E-state index is 10.9. The van der Waals surface area contributed by atoms with Crippen LogP contribution in [0.2, 0.25) is 0 Å². The van der Waals surface area contributed by atoms with Crippen molar-refractivity contribution < 1.29 is 57.0 Å². The van der Waals surface area contributed by atoms with Crippen LogP contribution in [0.1, 0.15) is 187 Å². The molecule has 0 aromatic carbocycles. The predicted molar refractivity (Wildman–Crippen MR) is 319 cm³/mol. The number of nitrogens with zero attached hydrogens (tertiary/aromatic N) is 11. The first kappa shape index (κ1) is 75.9. The van der Waals surface area contributed by atoms with Gasteiger partial charge in [-0.15, -0.1) is 0 Å². The summed E-state index contributed by atoms with van der Waals surface area (Å²) >= 11 is -2.31. The van der Waals surface area contributed by atoms with Gasteiger partial charge in [0.15, 0.2) is 50.0 Å². The lowest BCUT2D eigenvalue weighted by molar-refractivity contribution is 0.535. The summed E-state index contributed by atoms with van der Waals surface area (Å²) in [5.74, 6) is 2.00. The summed E-state index contributed by atoms with van der Waals surface area (Å²) in [6.45, 7) is 25.6. The molecular weight excluding hydrogens is 1220 g/mol. The fourth-order valence-electron chi connectivity index (χ4n) is 5.96. The normalized spacial score (nSPS) is 15.1. The molecule has 0 saturated carbocycles. The number of furan rings is 1. The Hall–Kier alpha value is -6.13. The van der Waals surface area contributed by atoms with Crippen LogP contribution in [0.3, 0.4) is 0 Å². The molecule has 6 aromatic rings. The minimum atomic E-state index is -3.62. The topological polar surface area (TPSA) is 539 Å². The molecule has 6 heterocycles. The number of rotatable bonds is 18. The van der Waals surface area contributed by atoms with E-state index in [2.05, 4.69) is 59.5 Å². The molecule has 0 aliphatic rings. The lowest BCUT2D eigenvalue weighted by atomic mass is 10.0. The molecule has 6 rings (SSSR count). The highest BCUT2D eigenvalue weighted by molar-refractivity contribution is 7.87. The van der Waals surface area contributed by atoms with Crippen LogP contribution in [0.5, 0.6) is 0 Å². The van der Waals surface area contributed by atoms with Crippen molar-refractivity contribution in [2.45, 2.75) is 154 Å². The highest BCUT2D eigenvalue weighted by Crippen LogP contribution is 2.21. The second-order valence-corrected chi connectivity index (χ2v) is 28.5. The van der Waals surface area contributed by atoms with E-state index in [-0.39, 0.29) is 81.6 Å². The van der Waals surface area contributed by atoms with Gasteiger partial charge in [0.1, 0.15) is 75.9 Å². The minimum Gasteiger partial charge on any atom is -0.755 e. The fourth-order valence-corrected chi connectivity index (χ4v) is 8.68. The molecule has 84 heavy (non-hydrogen) atoms. The van der Waals surface area contributed by atoms with Crippen LogP contribution < -0.4 is 10.5 Å². The molecule has 0 bridgehead atoms. The quantitative estimate of drug-likeness (QED) is 0.0357. The number of aryl methyl sites for hydroxylation is 1. The molecule has 0 amide bonds. The summed E-state index contributed by atoms with van der Waals surface area (Å²) in [5.41, 5.74) is 10.8. The van der Waals surface area contributed by atoms with Crippen molar-refractivity contribution in [2.75, 3.05) is 10.5 Å². The number of nitrogen functional groups attached to an aromatic ring is 1. The molecule has 0 aliphatic heterocycles. The van der Waals surface area contributed by atoms with E-state index in [1.54, 1.807) is 49.2 Å². The molecule has 13 N–H and O–H groups in total. The Morgan fingerprint density at radius 3 is 1.39 bits per heavy atom. The number of aromatic nitrogens is 11. The first-order valence-corrected chi connectivity index (χ1v) is 34.5. The molecule has 0 saturated heterocycles. The standard InChI is InChI=1S/C9H15N3O2S.C8H14N4O2S.2C8H13N3O2S.C7H12N4O2S.C7H11NO3S/c1-6(2)8-4-11-9(12-7(8)3)5-15(10,13)14;1-5(2)6-3-7(9)12-8(11-6)4-15(10,13)14;1-6(2)7-3-10-8(11-4-7)5-14(9,12)13;1-6(2)7-3-4-10-8(11-7)5-14(9,12)13;1-5(2)7-10-4-9-6(11-7)3-14(8,12)13;1-5(2)6-3-7(11-4-6)8-12(9)10/h4,6H,5H2,1-3H3,(H2,10,13,14);3,5H,4H2,1-2H3,(H2,9,11,12)(H2,10,13,14);2*3-4,6H,5H2,1-2H3,(H2,9,12,13);4-5H,3H2,1-2H3,(H2,8,12,13);3-5,8H,1-2H3,(H,9,10)/p-1. The zero-order valence-corrected chi connectivity index (χ0v) is 53.5. The van der Waals surface area contributed by atoms with Gasteiger partial charge in [-0.3, -0.25) is 8.93 Å². The highest BCUT2D eigenvalue weighted by atomic mass is 32.2. The van der Waals surface area contributed by atoms with Gasteiger partial charge in [0.25, 0.3) is 0 Å². The molecule has 31 nitrogen and oxygen atoms in total. The van der Waals surface area contributed by atoms with Gasteiger partial charge >= 0.3 is 0 Å². The zero-order valence-electron chi connectivity index (χ0n) is 48.6. The Kier molecular flexibility index (Phi) is 30.8. The summed E-state index contributed by atoms with van der Waals surface area (Å²) in [5, 5.41) is 0. The Morgan fingerprint density at radius 2 is 0.976 bits per heavy atom. The van der Waals surface area contributed by atoms with E-state index in [1.165, 1.54) is 6.33 Å². The second kappa shape index (κ2) is 34.1. The second-order valence-electron chi connectivity index (χ2n) is 20.0. The van der Waals surface area contributed by atoms with Crippen molar-refractivity contribution in [1.82, 2.24) is 54.8 Å². The Balaban J connectivity index is 0.000000505. The summed E-state index contributed by atoms with van der Waals surface area (Å²) < 4.78 is 160. The first-order valence-electron chi connectivity index (χ1n) is 25.0. The maximum Gasteiger partial charge on any atom is 0.203 e. The summed E-state index contributed by atoms with van der Waals surface area (Å²) in [4.78, 5) is 43.3. The number of hydrogen-bond donors (Lipinski definition) is 12. The van der Waals surface area contributed by atoms with Gasteiger partial charge in [0, 0.05) is 71.2 Å². The van der Waals surface area contributed by atoms with E-state index in [0.29, 0.717) is 29.3 Å². The average Bonchev–Trinajstić information content (AvgIpc) is 3.96. The zero-order chi connectivity index (χ0) is 64.7. The molecule has 6 unspecified atom stereocenters. The number of nitrogens with two attached hydrogens (primary N) is 1. The van der Waals surface area contributed by atoms with Crippen LogP contribution in [-0.4, -0.2) is 107 Å². The third-order valence-electron chi connectivity index (χ3n) is 10.1. The van der Waals surface area contributed by atoms with Crippen LogP contribution in [0.25, 0.3) is 0 Å². The molecule has 470 valence electrons. The van der Waals surface area contributed by atoms with Gasteiger partial charge in [0.05, 0.1) is 6.26 Å². The van der Waals surface area contributed by atoms with Gasteiger partial charge < -0.3 is 37.5 Å². The molecule has 0 aliphatic carbocycles. The monoisotopic (exact) mass is 1290 g/mol. The first-order chi connectivity index (χ1) is 38.3. The molecule has 0 radical (unpaired) electrons. The lowest BCUT2D eigenvalue weighted by Gasteiger charge is -2.09. The lowest BCUT2D eigenvalue weighted by Crippen LogP contribution is -2.09. The summed E-state index contributed by atoms with van der Waals surface area (Å²) in [6, 6.07) is 5.05. The molecule has 0 spiro atoms. The Bertz CT molecular complexity index is 3570. The van der Waals surface area contributed by atoms with Gasteiger partial charge in [-0.05, 0) is 59.3 Å². The smallest absolute Gasteiger partial charge is 0.203 e. The highest BCUT2D eigenvalue weighted by Gasteiger charge is 2.14. The van der Waals surface area contributed by atoms with E-state index in [0.717, 1.165) is 28.1 Å². The molecule has 37 heteroatoms. The third-order valence-corrected chi connectivity index (χ3v) is 13.7. The Labute approximate surface area is 494 Å². The van der Waals surface area contributed by atoms with Crippen LogP contribution in [0.15, 0.2) is 60.0 Å². The third kappa shape index (κ3) is 34.6.